The van der Waals surface area contributed by atoms with Crippen LogP contribution in [0.1, 0.15) is 17.5 Å². The van der Waals surface area contributed by atoms with Crippen molar-refractivity contribution in [2.45, 2.75) is 13.3 Å². The number of carbonyl (C=O) groups excluding carboxylic acids is 2. The minimum Gasteiger partial charge on any atom is -0.497 e. The Hall–Kier alpha value is -3.71. The lowest BCUT2D eigenvalue weighted by molar-refractivity contribution is -0.120. The van der Waals surface area contributed by atoms with E-state index in [1.165, 1.54) is 4.90 Å². The van der Waals surface area contributed by atoms with Gasteiger partial charge in [-0.2, -0.15) is 0 Å². The Kier molecular flexibility index (Phi) is 6.18. The highest BCUT2D eigenvalue weighted by Gasteiger charge is 2.28. The van der Waals surface area contributed by atoms with Crippen LogP contribution in [0.15, 0.2) is 65.8 Å². The fraction of sp³-hybridized carbons (Fsp3) is 0.167. The fourth-order valence-corrected chi connectivity index (χ4v) is 3.59. The van der Waals surface area contributed by atoms with Gasteiger partial charge in [0, 0.05) is 16.9 Å². The number of aromatic nitrogens is 1. The lowest BCUT2D eigenvalue weighted by atomic mass is 10.1. The van der Waals surface area contributed by atoms with Gasteiger partial charge in [0.15, 0.2) is 5.82 Å². The van der Waals surface area contributed by atoms with Crippen molar-refractivity contribution in [2.24, 2.45) is 4.99 Å². The zero-order valence-electron chi connectivity index (χ0n) is 17.6. The van der Waals surface area contributed by atoms with Gasteiger partial charge in [-0.1, -0.05) is 17.7 Å². The smallest absolute Gasteiger partial charge is 0.244 e. The maximum Gasteiger partial charge on any atom is 0.244 e. The van der Waals surface area contributed by atoms with Gasteiger partial charge < -0.3 is 10.1 Å². The molecule has 8 heteroatoms. The Morgan fingerprint density at radius 1 is 1.16 bits per heavy atom. The Bertz CT molecular complexity index is 1210. The molecular formula is C24H21ClN4O3. The molecule has 2 heterocycles. The number of nitrogens with one attached hydrogen (secondary N) is 1. The lowest BCUT2D eigenvalue weighted by Crippen LogP contribution is -2.39. The Morgan fingerprint density at radius 2 is 1.94 bits per heavy atom. The Morgan fingerprint density at radius 3 is 2.69 bits per heavy atom. The van der Waals surface area contributed by atoms with E-state index in [4.69, 9.17) is 16.3 Å². The number of anilines is 2. The molecule has 4 rings (SSSR count). The maximum atomic E-state index is 13.2. The third kappa shape index (κ3) is 4.48. The van der Waals surface area contributed by atoms with Crippen molar-refractivity contribution in [3.8, 4) is 5.75 Å². The van der Waals surface area contributed by atoms with Gasteiger partial charge in [0.25, 0.3) is 0 Å². The number of hydrogen-bond donors (Lipinski definition) is 1. The van der Waals surface area contributed by atoms with E-state index in [1.54, 1.807) is 43.6 Å². The van der Waals surface area contributed by atoms with Crippen molar-refractivity contribution < 1.29 is 14.3 Å². The number of nitrogens with zero attached hydrogens (tertiary/aromatic N) is 3. The molecule has 0 aliphatic carbocycles. The first-order valence-electron chi connectivity index (χ1n) is 9.98. The van der Waals surface area contributed by atoms with Crippen molar-refractivity contribution in [3.63, 3.8) is 0 Å². The van der Waals surface area contributed by atoms with E-state index in [2.05, 4.69) is 15.3 Å². The molecule has 0 atom stereocenters. The number of rotatable bonds is 5. The van der Waals surface area contributed by atoms with Crippen LogP contribution in [0.25, 0.3) is 0 Å². The van der Waals surface area contributed by atoms with Gasteiger partial charge in [0.05, 0.1) is 19.2 Å². The van der Waals surface area contributed by atoms with E-state index in [0.29, 0.717) is 33.7 Å². The maximum absolute atomic E-state index is 13.2. The molecule has 0 fully saturated rings. The molecule has 7 nitrogen and oxygen atoms in total. The number of ether oxygens (including phenoxy) is 1. The number of aliphatic imine (C=N–C) groups is 1. The molecular weight excluding hydrogens is 428 g/mol. The van der Waals surface area contributed by atoms with Gasteiger partial charge in [0.2, 0.25) is 11.8 Å². The van der Waals surface area contributed by atoms with Gasteiger partial charge in [-0.25, -0.2) is 9.98 Å². The molecule has 2 amide bonds. The van der Waals surface area contributed by atoms with Crippen molar-refractivity contribution >= 4 is 46.3 Å². The summed E-state index contributed by atoms with van der Waals surface area (Å²) in [6, 6.07) is 16.1. The van der Waals surface area contributed by atoms with Crippen molar-refractivity contribution in [3.05, 3.63) is 76.9 Å². The average molecular weight is 449 g/mol. The van der Waals surface area contributed by atoms with Gasteiger partial charge in [-0.05, 0) is 66.6 Å². The molecule has 1 aliphatic heterocycles. The zero-order valence-corrected chi connectivity index (χ0v) is 18.4. The largest absolute Gasteiger partial charge is 0.497 e. The van der Waals surface area contributed by atoms with Crippen LogP contribution in [0.5, 0.6) is 5.75 Å². The zero-order chi connectivity index (χ0) is 22.7. The SMILES string of the molecule is COc1ccc(C2=Nc3cccnc3N(CC(=O)Nc3cccc(Cl)c3C)C(=O)C2)cc1. The topological polar surface area (TPSA) is 83.9 Å². The fourth-order valence-electron chi connectivity index (χ4n) is 3.41. The van der Waals surface area contributed by atoms with E-state index < -0.39 is 0 Å². The molecule has 1 N–H and O–H groups in total. The number of pyridine rings is 1. The summed E-state index contributed by atoms with van der Waals surface area (Å²) < 4.78 is 5.21. The predicted octanol–water partition coefficient (Wildman–Crippen LogP) is 4.55. The van der Waals surface area contributed by atoms with E-state index in [-0.39, 0.29) is 24.8 Å². The summed E-state index contributed by atoms with van der Waals surface area (Å²) >= 11 is 6.15. The highest BCUT2D eigenvalue weighted by molar-refractivity contribution is 6.31. The molecule has 1 aliphatic rings. The first-order valence-corrected chi connectivity index (χ1v) is 10.4. The molecule has 2 aromatic carbocycles. The monoisotopic (exact) mass is 448 g/mol. The molecule has 0 saturated heterocycles. The first-order chi connectivity index (χ1) is 15.5. The lowest BCUT2D eigenvalue weighted by Gasteiger charge is -2.21. The summed E-state index contributed by atoms with van der Waals surface area (Å²) in [5, 5.41) is 3.38. The van der Waals surface area contributed by atoms with Crippen molar-refractivity contribution in [2.75, 3.05) is 23.9 Å². The van der Waals surface area contributed by atoms with Crippen molar-refractivity contribution in [1.29, 1.82) is 0 Å². The minimum atomic E-state index is -0.354. The number of amides is 2. The van der Waals surface area contributed by atoms with E-state index >= 15 is 0 Å². The van der Waals surface area contributed by atoms with Crippen LogP contribution in [0, 0.1) is 6.92 Å². The normalized spacial score (nSPS) is 13.2. The van der Waals surface area contributed by atoms with Crippen LogP contribution in [-0.4, -0.2) is 36.2 Å². The second-order valence-electron chi connectivity index (χ2n) is 7.25. The van der Waals surface area contributed by atoms with Crippen LogP contribution >= 0.6 is 11.6 Å². The molecule has 3 aromatic rings. The van der Waals surface area contributed by atoms with Gasteiger partial charge in [-0.15, -0.1) is 0 Å². The van der Waals surface area contributed by atoms with Gasteiger partial charge in [0.1, 0.15) is 18.0 Å². The summed E-state index contributed by atoms with van der Waals surface area (Å²) in [6.07, 6.45) is 1.61. The molecule has 1 aromatic heterocycles. The summed E-state index contributed by atoms with van der Waals surface area (Å²) in [7, 11) is 1.59. The van der Waals surface area contributed by atoms with E-state index in [0.717, 1.165) is 11.1 Å². The summed E-state index contributed by atoms with van der Waals surface area (Å²) in [6.45, 7) is 1.63. The highest BCUT2D eigenvalue weighted by Crippen LogP contribution is 2.31. The van der Waals surface area contributed by atoms with Gasteiger partial charge >= 0.3 is 0 Å². The molecule has 0 bridgehead atoms. The van der Waals surface area contributed by atoms with Crippen LogP contribution in [0.2, 0.25) is 5.02 Å². The molecule has 0 spiro atoms. The van der Waals surface area contributed by atoms with Crippen molar-refractivity contribution in [1.82, 2.24) is 4.98 Å². The van der Waals surface area contributed by atoms with E-state index in [1.807, 2.05) is 31.2 Å². The second kappa shape index (κ2) is 9.20. The molecule has 32 heavy (non-hydrogen) atoms. The quantitative estimate of drug-likeness (QED) is 0.620. The Labute approximate surface area is 190 Å². The van der Waals surface area contributed by atoms with Crippen LogP contribution < -0.4 is 15.0 Å². The third-order valence-electron chi connectivity index (χ3n) is 5.16. The highest BCUT2D eigenvalue weighted by atomic mass is 35.5. The Balaban J connectivity index is 1.60. The number of carbonyl (C=O) groups is 2. The molecule has 0 radical (unpaired) electrons. The van der Waals surface area contributed by atoms with Crippen LogP contribution in [0.4, 0.5) is 17.2 Å². The molecule has 0 saturated carbocycles. The standard InChI is InChI=1S/C24H21ClN4O3/c1-15-18(25)5-3-6-19(15)28-22(30)14-29-23(31)13-21(16-8-10-17(32-2)11-9-16)27-20-7-4-12-26-24(20)29/h3-12H,13-14H2,1-2H3,(H,28,30). The summed E-state index contributed by atoms with van der Waals surface area (Å²) in [5.41, 5.74) is 3.28. The second-order valence-corrected chi connectivity index (χ2v) is 7.66. The van der Waals surface area contributed by atoms with Crippen LogP contribution in [-0.2, 0) is 9.59 Å². The number of benzene rings is 2. The van der Waals surface area contributed by atoms with E-state index in [9.17, 15) is 9.59 Å². The summed E-state index contributed by atoms with van der Waals surface area (Å²) in [4.78, 5) is 36.4. The molecule has 0 unspecified atom stereocenters. The van der Waals surface area contributed by atoms with Gasteiger partial charge in [-0.3, -0.25) is 14.5 Å². The molecule has 162 valence electrons. The number of fused-ring (bicyclic) bond motifs is 1. The number of methoxy groups -OCH3 is 1. The minimum absolute atomic E-state index is 0.0339. The average Bonchev–Trinajstić information content (AvgIpc) is 2.93. The number of hydrogen-bond acceptors (Lipinski definition) is 5. The summed E-state index contributed by atoms with van der Waals surface area (Å²) in [5.74, 6) is 0.438. The van der Waals surface area contributed by atoms with Crippen LogP contribution in [0.3, 0.4) is 0 Å². The third-order valence-corrected chi connectivity index (χ3v) is 5.57. The number of halogens is 1. The first kappa shape index (κ1) is 21.5. The predicted molar refractivity (Wildman–Crippen MR) is 125 cm³/mol.